The van der Waals surface area contributed by atoms with Crippen LogP contribution in [0.5, 0.6) is 11.5 Å². The van der Waals surface area contributed by atoms with Gasteiger partial charge in [-0.25, -0.2) is 4.79 Å². The number of rotatable bonds is 7. The molecule has 1 fully saturated rings. The maximum Gasteiger partial charge on any atom is 0.317 e. The Labute approximate surface area is 178 Å². The van der Waals surface area contributed by atoms with E-state index in [-0.39, 0.29) is 28.1 Å². The van der Waals surface area contributed by atoms with E-state index < -0.39 is 0 Å². The molecule has 0 aliphatic carbocycles. The molecule has 2 atom stereocenters. The van der Waals surface area contributed by atoms with Gasteiger partial charge in [-0.2, -0.15) is 0 Å². The second-order valence-corrected chi connectivity index (χ2v) is 9.46. The van der Waals surface area contributed by atoms with Crippen molar-refractivity contribution in [1.29, 1.82) is 0 Å². The fourth-order valence-corrected chi connectivity index (χ4v) is 4.50. The number of hydrogen-bond acceptors (Lipinski definition) is 5. The Hall–Kier alpha value is -2.09. The van der Waals surface area contributed by atoms with E-state index in [1.807, 2.05) is 57.7 Å². The molecule has 162 valence electrons. The maximum absolute atomic E-state index is 12.8. The third-order valence-corrected chi connectivity index (χ3v) is 6.10. The number of nitrogens with one attached hydrogen (secondary N) is 1. The van der Waals surface area contributed by atoms with E-state index in [0.29, 0.717) is 31.1 Å². The van der Waals surface area contributed by atoms with Crippen LogP contribution in [0, 0.1) is 0 Å². The molecule has 0 unspecified atom stereocenters. The third-order valence-electron chi connectivity index (χ3n) is 4.70. The highest BCUT2D eigenvalue weighted by molar-refractivity contribution is 8.01. The van der Waals surface area contributed by atoms with Crippen LogP contribution in [-0.4, -0.2) is 66.4 Å². The number of nitrogens with zero attached hydrogens (tertiary/aromatic N) is 2. The van der Waals surface area contributed by atoms with Crippen LogP contribution in [0.2, 0.25) is 0 Å². The molecule has 29 heavy (non-hydrogen) atoms. The lowest BCUT2D eigenvalue weighted by Crippen LogP contribution is -2.50. The number of urea groups is 1. The SMILES string of the molecule is CCN(CCN1C(=O)[C@@H](C)S[C@@H]1c1ccc(OC)c(OC)c1)C(=O)NC(C)(C)C. The van der Waals surface area contributed by atoms with Gasteiger partial charge < -0.3 is 24.6 Å². The largest absolute Gasteiger partial charge is 0.493 e. The van der Waals surface area contributed by atoms with E-state index in [4.69, 9.17) is 9.47 Å². The van der Waals surface area contributed by atoms with Gasteiger partial charge in [-0.05, 0) is 52.3 Å². The second-order valence-electron chi connectivity index (χ2n) is 8.04. The van der Waals surface area contributed by atoms with Gasteiger partial charge in [0.25, 0.3) is 0 Å². The van der Waals surface area contributed by atoms with Gasteiger partial charge in [0.1, 0.15) is 5.37 Å². The first-order chi connectivity index (χ1) is 13.6. The van der Waals surface area contributed by atoms with E-state index >= 15 is 0 Å². The Kier molecular flexibility index (Phi) is 7.68. The summed E-state index contributed by atoms with van der Waals surface area (Å²) >= 11 is 1.61. The van der Waals surface area contributed by atoms with Crippen molar-refractivity contribution in [3.8, 4) is 11.5 Å². The first-order valence-electron chi connectivity index (χ1n) is 9.86. The summed E-state index contributed by atoms with van der Waals surface area (Å²) < 4.78 is 10.7. The van der Waals surface area contributed by atoms with Crippen molar-refractivity contribution in [2.75, 3.05) is 33.9 Å². The molecule has 0 bridgehead atoms. The van der Waals surface area contributed by atoms with Crippen molar-refractivity contribution >= 4 is 23.7 Å². The number of carbonyl (C=O) groups excluding carboxylic acids is 2. The van der Waals surface area contributed by atoms with E-state index in [1.165, 1.54) is 0 Å². The average molecular weight is 424 g/mol. The smallest absolute Gasteiger partial charge is 0.317 e. The zero-order chi connectivity index (χ0) is 21.8. The Balaban J connectivity index is 2.17. The molecule has 1 aromatic rings. The lowest BCUT2D eigenvalue weighted by atomic mass is 10.1. The number of hydrogen-bond donors (Lipinski definition) is 1. The fourth-order valence-electron chi connectivity index (χ4n) is 3.20. The van der Waals surface area contributed by atoms with E-state index in [2.05, 4.69) is 5.32 Å². The van der Waals surface area contributed by atoms with Gasteiger partial charge in [-0.1, -0.05) is 6.07 Å². The second kappa shape index (κ2) is 9.61. The van der Waals surface area contributed by atoms with Gasteiger partial charge in [0.2, 0.25) is 5.91 Å². The van der Waals surface area contributed by atoms with Crippen molar-refractivity contribution in [1.82, 2.24) is 15.1 Å². The molecule has 1 aliphatic heterocycles. The monoisotopic (exact) mass is 423 g/mol. The van der Waals surface area contributed by atoms with Gasteiger partial charge >= 0.3 is 6.03 Å². The van der Waals surface area contributed by atoms with Gasteiger partial charge in [-0.3, -0.25) is 4.79 Å². The molecular formula is C21H33N3O4S. The summed E-state index contributed by atoms with van der Waals surface area (Å²) in [5.41, 5.74) is 0.674. The number of amides is 3. The molecule has 0 saturated carbocycles. The van der Waals surface area contributed by atoms with Gasteiger partial charge in [0.05, 0.1) is 19.5 Å². The molecule has 2 rings (SSSR count). The van der Waals surface area contributed by atoms with Crippen molar-refractivity contribution in [2.45, 2.75) is 50.8 Å². The van der Waals surface area contributed by atoms with E-state index in [9.17, 15) is 9.59 Å². The van der Waals surface area contributed by atoms with E-state index in [0.717, 1.165) is 5.56 Å². The van der Waals surface area contributed by atoms with Crippen LogP contribution in [-0.2, 0) is 4.79 Å². The topological polar surface area (TPSA) is 71.1 Å². The Bertz CT molecular complexity index is 735. The van der Waals surface area contributed by atoms with Crippen molar-refractivity contribution in [3.63, 3.8) is 0 Å². The molecule has 8 heteroatoms. The first-order valence-corrected chi connectivity index (χ1v) is 10.8. The Morgan fingerprint density at radius 3 is 2.45 bits per heavy atom. The molecule has 1 aliphatic rings. The molecule has 7 nitrogen and oxygen atoms in total. The molecule has 1 aromatic carbocycles. The highest BCUT2D eigenvalue weighted by Crippen LogP contribution is 2.44. The number of carbonyl (C=O) groups is 2. The van der Waals surface area contributed by atoms with Crippen LogP contribution in [0.15, 0.2) is 18.2 Å². The zero-order valence-electron chi connectivity index (χ0n) is 18.4. The lowest BCUT2D eigenvalue weighted by molar-refractivity contribution is -0.130. The number of thioether (sulfide) groups is 1. The van der Waals surface area contributed by atoms with Crippen molar-refractivity contribution in [2.24, 2.45) is 0 Å². The molecule has 0 radical (unpaired) electrons. The molecule has 1 saturated heterocycles. The summed E-state index contributed by atoms with van der Waals surface area (Å²) in [6, 6.07) is 5.62. The van der Waals surface area contributed by atoms with Crippen LogP contribution in [0.1, 0.15) is 45.6 Å². The summed E-state index contributed by atoms with van der Waals surface area (Å²) in [5, 5.41) is 2.73. The Morgan fingerprint density at radius 2 is 1.90 bits per heavy atom. The first kappa shape index (κ1) is 23.2. The third kappa shape index (κ3) is 5.72. The Morgan fingerprint density at radius 1 is 1.24 bits per heavy atom. The molecule has 3 amide bonds. The maximum atomic E-state index is 12.8. The number of likely N-dealkylation sites (N-methyl/N-ethyl adjacent to an activating group) is 1. The summed E-state index contributed by atoms with van der Waals surface area (Å²) in [6.07, 6.45) is 0. The normalized spacial score (nSPS) is 19.3. The van der Waals surface area contributed by atoms with Gasteiger partial charge in [0.15, 0.2) is 11.5 Å². The fraction of sp³-hybridized carbons (Fsp3) is 0.619. The predicted molar refractivity (Wildman–Crippen MR) is 117 cm³/mol. The number of methoxy groups -OCH3 is 2. The molecule has 0 spiro atoms. The quantitative estimate of drug-likeness (QED) is 0.727. The van der Waals surface area contributed by atoms with Gasteiger partial charge in [0, 0.05) is 25.2 Å². The number of ether oxygens (including phenoxy) is 2. The minimum atomic E-state index is -0.305. The lowest BCUT2D eigenvalue weighted by Gasteiger charge is -2.30. The summed E-state index contributed by atoms with van der Waals surface area (Å²) in [7, 11) is 3.20. The number of benzene rings is 1. The standard InChI is InChI=1S/C21H33N3O4S/c1-8-23(20(26)22-21(3,4)5)11-12-24-18(25)14(2)29-19(24)15-9-10-16(27-6)17(13-15)28-7/h9-10,13-14,19H,8,11-12H2,1-7H3,(H,22,26)/t14-,19-/m1/s1. The van der Waals surface area contributed by atoms with Gasteiger partial charge in [-0.15, -0.1) is 11.8 Å². The van der Waals surface area contributed by atoms with Crippen LogP contribution < -0.4 is 14.8 Å². The van der Waals surface area contributed by atoms with Crippen LogP contribution >= 0.6 is 11.8 Å². The summed E-state index contributed by atoms with van der Waals surface area (Å²) in [6.45, 7) is 11.2. The van der Waals surface area contributed by atoms with Crippen molar-refractivity contribution in [3.05, 3.63) is 23.8 Å². The highest BCUT2D eigenvalue weighted by atomic mass is 32.2. The van der Waals surface area contributed by atoms with Crippen LogP contribution in [0.3, 0.4) is 0 Å². The summed E-state index contributed by atoms with van der Waals surface area (Å²) in [4.78, 5) is 28.9. The minimum Gasteiger partial charge on any atom is -0.493 e. The molecule has 1 N–H and O–H groups in total. The predicted octanol–water partition coefficient (Wildman–Crippen LogP) is 3.50. The average Bonchev–Trinajstić information content (AvgIpc) is 2.94. The van der Waals surface area contributed by atoms with Crippen molar-refractivity contribution < 1.29 is 19.1 Å². The molecule has 0 aromatic heterocycles. The highest BCUT2D eigenvalue weighted by Gasteiger charge is 2.39. The minimum absolute atomic E-state index is 0.0852. The zero-order valence-corrected chi connectivity index (χ0v) is 19.3. The van der Waals surface area contributed by atoms with Crippen LogP contribution in [0.4, 0.5) is 4.79 Å². The molecule has 1 heterocycles. The van der Waals surface area contributed by atoms with E-state index in [1.54, 1.807) is 30.9 Å². The summed E-state index contributed by atoms with van der Waals surface area (Å²) in [5.74, 6) is 1.38. The van der Waals surface area contributed by atoms with Crippen LogP contribution in [0.25, 0.3) is 0 Å². The molecular weight excluding hydrogens is 390 g/mol.